The Morgan fingerprint density at radius 3 is 0.789 bits per heavy atom. The molecule has 0 aromatic carbocycles. The first kappa shape index (κ1) is 26.0. The summed E-state index contributed by atoms with van der Waals surface area (Å²) in [5.41, 5.74) is 0. The molecule has 0 aromatic heterocycles. The maximum atomic E-state index is 9.00. The average molecular weight is 281 g/mol. The van der Waals surface area contributed by atoms with Crippen LogP contribution in [0.5, 0.6) is 0 Å². The second-order valence-corrected chi connectivity index (χ2v) is 3.18. The van der Waals surface area contributed by atoms with Crippen LogP contribution in [0.1, 0.15) is 41.5 Å². The molecule has 0 unspecified atom stereocenters. The fourth-order valence-electron chi connectivity index (χ4n) is 0.671. The van der Waals surface area contributed by atoms with Crippen molar-refractivity contribution >= 4 is 17.9 Å². The summed E-state index contributed by atoms with van der Waals surface area (Å²) in [6, 6.07) is 0. The van der Waals surface area contributed by atoms with Crippen molar-refractivity contribution in [2.75, 3.05) is 19.6 Å². The second-order valence-electron chi connectivity index (χ2n) is 3.18. The normalized spacial score (nSPS) is 7.74. The first-order chi connectivity index (χ1) is 8.54. The maximum Gasteiger partial charge on any atom is 0.300 e. The van der Waals surface area contributed by atoms with Crippen LogP contribution in [0.4, 0.5) is 0 Å². The smallest absolute Gasteiger partial charge is 0.300 e. The van der Waals surface area contributed by atoms with E-state index in [1.54, 1.807) is 0 Å². The number of carbonyl (C=O) groups is 3. The van der Waals surface area contributed by atoms with Crippen molar-refractivity contribution in [3.05, 3.63) is 0 Å². The lowest BCUT2D eigenvalue weighted by molar-refractivity contribution is -0.135. The third kappa shape index (κ3) is 177. The zero-order chi connectivity index (χ0) is 16.4. The van der Waals surface area contributed by atoms with E-state index in [1.165, 1.54) is 19.6 Å². The van der Waals surface area contributed by atoms with Gasteiger partial charge in [0.1, 0.15) is 0 Å². The van der Waals surface area contributed by atoms with Crippen LogP contribution < -0.4 is 0 Å². The van der Waals surface area contributed by atoms with Crippen LogP contribution in [0.3, 0.4) is 0 Å². The molecule has 3 N–H and O–H groups in total. The van der Waals surface area contributed by atoms with Crippen molar-refractivity contribution in [3.8, 4) is 0 Å². The van der Waals surface area contributed by atoms with Gasteiger partial charge in [0.25, 0.3) is 17.9 Å². The van der Waals surface area contributed by atoms with Gasteiger partial charge in [-0.2, -0.15) is 0 Å². The van der Waals surface area contributed by atoms with Crippen LogP contribution in [0.25, 0.3) is 0 Å². The summed E-state index contributed by atoms with van der Waals surface area (Å²) in [7, 11) is 0. The Kier molecular flexibility index (Phi) is 29.6. The molecular formula is C12H27NO6. The molecule has 19 heavy (non-hydrogen) atoms. The van der Waals surface area contributed by atoms with Crippen LogP contribution in [0.15, 0.2) is 0 Å². The molecule has 0 aliphatic heterocycles. The summed E-state index contributed by atoms with van der Waals surface area (Å²) in [5.74, 6) is -2.50. The molecule has 0 fully saturated rings. The highest BCUT2D eigenvalue weighted by molar-refractivity contribution is 5.63. The summed E-state index contributed by atoms with van der Waals surface area (Å²) >= 11 is 0. The summed E-state index contributed by atoms with van der Waals surface area (Å²) < 4.78 is 0. The van der Waals surface area contributed by atoms with Crippen molar-refractivity contribution in [3.63, 3.8) is 0 Å². The van der Waals surface area contributed by atoms with Gasteiger partial charge in [-0.15, -0.1) is 0 Å². The van der Waals surface area contributed by atoms with Gasteiger partial charge in [0.2, 0.25) is 0 Å². The molecule has 0 radical (unpaired) electrons. The predicted octanol–water partition coefficient (Wildman–Crippen LogP) is 1.62. The van der Waals surface area contributed by atoms with E-state index in [0.717, 1.165) is 20.8 Å². The lowest BCUT2D eigenvalue weighted by atomic mass is 10.5. The van der Waals surface area contributed by atoms with Crippen LogP contribution >= 0.6 is 0 Å². The van der Waals surface area contributed by atoms with Crippen molar-refractivity contribution in [1.29, 1.82) is 0 Å². The van der Waals surface area contributed by atoms with Gasteiger partial charge in [-0.3, -0.25) is 14.4 Å². The number of hydrogen-bond donors (Lipinski definition) is 3. The number of rotatable bonds is 3. The summed E-state index contributed by atoms with van der Waals surface area (Å²) in [6.07, 6.45) is 0. The Morgan fingerprint density at radius 2 is 0.789 bits per heavy atom. The lowest BCUT2D eigenvalue weighted by Crippen LogP contribution is -2.21. The Hall–Kier alpha value is -1.63. The molecule has 0 aliphatic rings. The zero-order valence-corrected chi connectivity index (χ0v) is 12.6. The van der Waals surface area contributed by atoms with Gasteiger partial charge in [0, 0.05) is 20.8 Å². The van der Waals surface area contributed by atoms with Crippen molar-refractivity contribution in [1.82, 2.24) is 4.90 Å². The van der Waals surface area contributed by atoms with E-state index in [9.17, 15) is 0 Å². The Morgan fingerprint density at radius 1 is 0.684 bits per heavy atom. The van der Waals surface area contributed by atoms with E-state index < -0.39 is 17.9 Å². The van der Waals surface area contributed by atoms with Gasteiger partial charge >= 0.3 is 0 Å². The number of carboxylic acids is 3. The van der Waals surface area contributed by atoms with E-state index in [1.807, 2.05) is 0 Å². The Bertz CT molecular complexity index is 180. The molecule has 0 amide bonds. The molecule has 0 heterocycles. The molecule has 0 aliphatic carbocycles. The zero-order valence-electron chi connectivity index (χ0n) is 12.6. The number of nitrogens with zero attached hydrogens (tertiary/aromatic N) is 1. The lowest BCUT2D eigenvalue weighted by Gasteiger charge is -2.13. The fourth-order valence-corrected chi connectivity index (χ4v) is 0.671. The third-order valence-corrected chi connectivity index (χ3v) is 1.34. The quantitative estimate of drug-likeness (QED) is 0.719. The predicted molar refractivity (Wildman–Crippen MR) is 73.4 cm³/mol. The minimum atomic E-state index is -0.833. The van der Waals surface area contributed by atoms with Gasteiger partial charge in [0.15, 0.2) is 0 Å². The van der Waals surface area contributed by atoms with E-state index in [2.05, 4.69) is 25.7 Å². The largest absolute Gasteiger partial charge is 0.481 e. The Balaban J connectivity index is -0.0000000825. The van der Waals surface area contributed by atoms with E-state index in [4.69, 9.17) is 29.7 Å². The molecule has 0 atom stereocenters. The van der Waals surface area contributed by atoms with E-state index in [-0.39, 0.29) is 0 Å². The molecule has 7 heteroatoms. The fraction of sp³-hybridized carbons (Fsp3) is 0.750. The molecule has 0 bridgehead atoms. The van der Waals surface area contributed by atoms with E-state index in [0.29, 0.717) is 0 Å². The molecule has 116 valence electrons. The van der Waals surface area contributed by atoms with Gasteiger partial charge in [0.05, 0.1) is 0 Å². The standard InChI is InChI=1S/C6H15N.3C2H4O2/c1-4-7(5-2)6-3;3*1-2(3)4/h4-6H2,1-3H3;3*1H3,(H,3,4). The number of hydrogen-bond acceptors (Lipinski definition) is 4. The Labute approximate surface area is 114 Å². The van der Waals surface area contributed by atoms with Gasteiger partial charge in [-0.25, -0.2) is 0 Å². The molecule has 0 saturated carbocycles. The van der Waals surface area contributed by atoms with Crippen LogP contribution in [0, 0.1) is 0 Å². The van der Waals surface area contributed by atoms with E-state index >= 15 is 0 Å². The average Bonchev–Trinajstić information content (AvgIpc) is 2.17. The SMILES string of the molecule is CC(=O)O.CC(=O)O.CC(=O)O.CCN(CC)CC. The van der Waals surface area contributed by atoms with Crippen molar-refractivity contribution in [2.45, 2.75) is 41.5 Å². The summed E-state index contributed by atoms with van der Waals surface area (Å²) in [5, 5.41) is 22.2. The van der Waals surface area contributed by atoms with Gasteiger partial charge < -0.3 is 20.2 Å². The van der Waals surface area contributed by atoms with Gasteiger partial charge in [-0.05, 0) is 19.6 Å². The number of carboxylic acid groups (broad SMARTS) is 3. The molecule has 0 spiro atoms. The highest BCUT2D eigenvalue weighted by Crippen LogP contribution is 1.81. The molecule has 7 nitrogen and oxygen atoms in total. The molecule has 0 saturated heterocycles. The van der Waals surface area contributed by atoms with Gasteiger partial charge in [-0.1, -0.05) is 20.8 Å². The molecular weight excluding hydrogens is 254 g/mol. The molecule has 0 aromatic rings. The first-order valence-corrected chi connectivity index (χ1v) is 5.85. The van der Waals surface area contributed by atoms with Crippen LogP contribution in [-0.4, -0.2) is 57.8 Å². The van der Waals surface area contributed by atoms with Crippen molar-refractivity contribution < 1.29 is 29.7 Å². The maximum absolute atomic E-state index is 9.00. The monoisotopic (exact) mass is 281 g/mol. The van der Waals surface area contributed by atoms with Crippen LogP contribution in [0.2, 0.25) is 0 Å². The first-order valence-electron chi connectivity index (χ1n) is 5.85. The van der Waals surface area contributed by atoms with Crippen LogP contribution in [-0.2, 0) is 14.4 Å². The van der Waals surface area contributed by atoms with Crippen molar-refractivity contribution in [2.24, 2.45) is 0 Å². The summed E-state index contributed by atoms with van der Waals surface area (Å²) in [6.45, 7) is 13.4. The summed E-state index contributed by atoms with van der Waals surface area (Å²) in [4.78, 5) is 29.4. The highest BCUT2D eigenvalue weighted by Gasteiger charge is 1.89. The third-order valence-electron chi connectivity index (χ3n) is 1.34. The highest BCUT2D eigenvalue weighted by atomic mass is 16.4. The second kappa shape index (κ2) is 21.6. The minimum absolute atomic E-state index is 0.833. The number of aliphatic carboxylic acids is 3. The minimum Gasteiger partial charge on any atom is -0.481 e. The molecule has 0 rings (SSSR count). The topological polar surface area (TPSA) is 115 Å².